The van der Waals surface area contributed by atoms with E-state index in [0.29, 0.717) is 22.3 Å². The van der Waals surface area contributed by atoms with Gasteiger partial charge in [-0.3, -0.25) is 4.79 Å². The first kappa shape index (κ1) is 14.6. The summed E-state index contributed by atoms with van der Waals surface area (Å²) in [5.41, 5.74) is 0.698. The smallest absolute Gasteiger partial charge is 0.279 e. The highest BCUT2D eigenvalue weighted by atomic mass is 35.5. The summed E-state index contributed by atoms with van der Waals surface area (Å²) in [5, 5.41) is 3.82. The van der Waals surface area contributed by atoms with Crippen LogP contribution in [0.4, 0.5) is 5.69 Å². The Morgan fingerprint density at radius 2 is 2.00 bits per heavy atom. The molecule has 1 saturated heterocycles. The van der Waals surface area contributed by atoms with Gasteiger partial charge in [-0.1, -0.05) is 30.1 Å². The number of carbonyl (C=O) groups is 1. The van der Waals surface area contributed by atoms with Crippen LogP contribution in [-0.4, -0.2) is 25.5 Å². The predicted octanol–water partition coefficient (Wildman–Crippen LogP) is 2.25. The Labute approximate surface area is 123 Å². The fourth-order valence-electron chi connectivity index (χ4n) is 2.35. The molecule has 1 heterocycles. The maximum atomic E-state index is 12.0. The summed E-state index contributed by atoms with van der Waals surface area (Å²) in [6.07, 6.45) is 2.41. The third-order valence-corrected chi connectivity index (χ3v) is 4.33. The Morgan fingerprint density at radius 1 is 1.32 bits per heavy atom. The number of anilines is 1. The van der Waals surface area contributed by atoms with Gasteiger partial charge in [0.25, 0.3) is 5.91 Å². The number of likely N-dealkylation sites (tertiary alicyclic amines) is 1. The van der Waals surface area contributed by atoms with Crippen LogP contribution in [0.3, 0.4) is 0 Å². The number of quaternary nitrogens is 1. The maximum Gasteiger partial charge on any atom is 0.279 e. The van der Waals surface area contributed by atoms with Gasteiger partial charge in [-0.2, -0.15) is 0 Å². The van der Waals surface area contributed by atoms with E-state index in [0.717, 1.165) is 19.0 Å². The van der Waals surface area contributed by atoms with E-state index >= 15 is 0 Å². The zero-order valence-corrected chi connectivity index (χ0v) is 12.5. The normalized spacial score (nSPS) is 23.1. The molecule has 0 radical (unpaired) electrons. The molecule has 0 aromatic heterocycles. The molecule has 2 N–H and O–H groups in total. The quantitative estimate of drug-likeness (QED) is 0.882. The van der Waals surface area contributed by atoms with Gasteiger partial charge < -0.3 is 10.2 Å². The van der Waals surface area contributed by atoms with Gasteiger partial charge in [0.15, 0.2) is 6.54 Å². The molecule has 1 aliphatic heterocycles. The van der Waals surface area contributed by atoms with Gasteiger partial charge in [-0.05, 0) is 37.0 Å². The predicted molar refractivity (Wildman–Crippen MR) is 79.1 cm³/mol. The lowest BCUT2D eigenvalue weighted by molar-refractivity contribution is -0.897. The first-order valence-corrected chi connectivity index (χ1v) is 7.38. The highest BCUT2D eigenvalue weighted by Gasteiger charge is 2.21. The summed E-state index contributed by atoms with van der Waals surface area (Å²) in [5.74, 6) is 0.824. The fraction of sp³-hybridized carbons (Fsp3) is 0.500. The Kier molecular flexibility index (Phi) is 5.08. The number of nitrogens with one attached hydrogen (secondary N) is 2. The fourth-order valence-corrected chi connectivity index (χ4v) is 2.65. The highest BCUT2D eigenvalue weighted by molar-refractivity contribution is 6.42. The first-order chi connectivity index (χ1) is 9.04. The Hall–Kier alpha value is -0.770. The van der Waals surface area contributed by atoms with Gasteiger partial charge in [0, 0.05) is 5.69 Å². The molecular weight excluding hydrogens is 283 g/mol. The Balaban J connectivity index is 1.85. The van der Waals surface area contributed by atoms with E-state index in [1.165, 1.54) is 17.7 Å². The van der Waals surface area contributed by atoms with Gasteiger partial charge in [-0.15, -0.1) is 0 Å². The average Bonchev–Trinajstić information content (AvgIpc) is 2.37. The van der Waals surface area contributed by atoms with Crippen LogP contribution in [0, 0.1) is 5.92 Å². The van der Waals surface area contributed by atoms with E-state index in [2.05, 4.69) is 12.2 Å². The number of rotatable bonds is 3. The molecule has 0 saturated carbocycles. The molecule has 2 rings (SSSR count). The summed E-state index contributed by atoms with van der Waals surface area (Å²) in [6.45, 7) is 4.95. The number of hydrogen-bond donors (Lipinski definition) is 2. The van der Waals surface area contributed by atoms with Crippen molar-refractivity contribution in [2.24, 2.45) is 5.92 Å². The molecule has 1 fully saturated rings. The molecule has 19 heavy (non-hydrogen) atoms. The van der Waals surface area contributed by atoms with Crippen molar-refractivity contribution in [2.75, 3.05) is 25.0 Å². The highest BCUT2D eigenvalue weighted by Crippen LogP contribution is 2.24. The van der Waals surface area contributed by atoms with Crippen LogP contribution in [0.15, 0.2) is 18.2 Å². The second kappa shape index (κ2) is 6.60. The van der Waals surface area contributed by atoms with Crippen molar-refractivity contribution in [1.29, 1.82) is 0 Å². The Bertz CT molecular complexity index is 457. The zero-order chi connectivity index (χ0) is 13.8. The van der Waals surface area contributed by atoms with E-state index in [-0.39, 0.29) is 5.91 Å². The topological polar surface area (TPSA) is 33.5 Å². The van der Waals surface area contributed by atoms with Gasteiger partial charge in [0.05, 0.1) is 23.1 Å². The molecule has 3 nitrogen and oxygen atoms in total. The van der Waals surface area contributed by atoms with Crippen LogP contribution in [-0.2, 0) is 4.79 Å². The Morgan fingerprint density at radius 3 is 2.63 bits per heavy atom. The van der Waals surface area contributed by atoms with Gasteiger partial charge in [0.1, 0.15) is 0 Å². The van der Waals surface area contributed by atoms with Crippen molar-refractivity contribution in [3.8, 4) is 0 Å². The van der Waals surface area contributed by atoms with Gasteiger partial charge in [0.2, 0.25) is 0 Å². The van der Waals surface area contributed by atoms with Gasteiger partial charge in [-0.25, -0.2) is 0 Å². The van der Waals surface area contributed by atoms with Crippen LogP contribution >= 0.6 is 23.2 Å². The maximum absolute atomic E-state index is 12.0. The zero-order valence-electron chi connectivity index (χ0n) is 11.0. The van der Waals surface area contributed by atoms with Crippen molar-refractivity contribution < 1.29 is 9.69 Å². The number of benzene rings is 1. The molecule has 1 amide bonds. The average molecular weight is 302 g/mol. The number of carbonyl (C=O) groups excluding carboxylic acids is 1. The summed E-state index contributed by atoms with van der Waals surface area (Å²) >= 11 is 11.8. The minimum atomic E-state index is 0.0305. The molecule has 0 bridgehead atoms. The second-order valence-electron chi connectivity index (χ2n) is 5.29. The molecule has 104 valence electrons. The lowest BCUT2D eigenvalue weighted by Crippen LogP contribution is -3.14. The summed E-state index contributed by atoms with van der Waals surface area (Å²) < 4.78 is 0. The van der Waals surface area contributed by atoms with E-state index in [1.54, 1.807) is 18.2 Å². The van der Waals surface area contributed by atoms with Crippen molar-refractivity contribution in [3.63, 3.8) is 0 Å². The molecule has 0 aliphatic carbocycles. The number of halogens is 2. The molecule has 5 heteroatoms. The first-order valence-electron chi connectivity index (χ1n) is 6.63. The SMILES string of the molecule is CC1CC[NH+](CC(=O)Nc2ccc(Cl)c(Cl)c2)CC1. The third-order valence-electron chi connectivity index (χ3n) is 3.60. The van der Waals surface area contributed by atoms with E-state index in [9.17, 15) is 4.79 Å². The van der Waals surface area contributed by atoms with Crippen LogP contribution in [0.25, 0.3) is 0 Å². The van der Waals surface area contributed by atoms with Crippen molar-refractivity contribution in [2.45, 2.75) is 19.8 Å². The number of hydrogen-bond acceptors (Lipinski definition) is 1. The van der Waals surface area contributed by atoms with E-state index < -0.39 is 0 Å². The lowest BCUT2D eigenvalue weighted by Gasteiger charge is -2.26. The van der Waals surface area contributed by atoms with E-state index in [1.807, 2.05) is 0 Å². The lowest BCUT2D eigenvalue weighted by atomic mass is 9.99. The van der Waals surface area contributed by atoms with Crippen LogP contribution < -0.4 is 10.2 Å². The van der Waals surface area contributed by atoms with Crippen LogP contribution in [0.5, 0.6) is 0 Å². The van der Waals surface area contributed by atoms with Crippen LogP contribution in [0.1, 0.15) is 19.8 Å². The molecule has 1 aromatic carbocycles. The molecule has 1 aromatic rings. The molecule has 0 unspecified atom stereocenters. The number of piperidine rings is 1. The third kappa shape index (κ3) is 4.37. The number of amides is 1. The molecule has 1 aliphatic rings. The summed E-state index contributed by atoms with van der Waals surface area (Å²) in [6, 6.07) is 5.13. The molecular formula is C14H19Cl2N2O+. The monoisotopic (exact) mass is 301 g/mol. The minimum absolute atomic E-state index is 0.0305. The standard InChI is InChI=1S/C14H18Cl2N2O/c1-10-4-6-18(7-5-10)9-14(19)17-11-2-3-12(15)13(16)8-11/h2-3,8,10H,4-7,9H2,1H3,(H,17,19)/p+1. The van der Waals surface area contributed by atoms with Crippen molar-refractivity contribution >= 4 is 34.8 Å². The van der Waals surface area contributed by atoms with Crippen molar-refractivity contribution in [1.82, 2.24) is 0 Å². The van der Waals surface area contributed by atoms with Crippen molar-refractivity contribution in [3.05, 3.63) is 28.2 Å². The van der Waals surface area contributed by atoms with Crippen LogP contribution in [0.2, 0.25) is 10.0 Å². The second-order valence-corrected chi connectivity index (χ2v) is 6.10. The largest absolute Gasteiger partial charge is 0.327 e. The minimum Gasteiger partial charge on any atom is -0.327 e. The summed E-state index contributed by atoms with van der Waals surface area (Å²) in [7, 11) is 0. The molecule has 0 spiro atoms. The van der Waals surface area contributed by atoms with Gasteiger partial charge >= 0.3 is 0 Å². The molecule has 0 atom stereocenters. The summed E-state index contributed by atoms with van der Waals surface area (Å²) in [4.78, 5) is 13.3. The van der Waals surface area contributed by atoms with E-state index in [4.69, 9.17) is 23.2 Å².